The van der Waals surface area contributed by atoms with Crippen molar-refractivity contribution in [2.45, 2.75) is 32.4 Å². The maximum absolute atomic E-state index is 12.4. The fraction of sp³-hybridized carbons (Fsp3) is 0.389. The number of benzene rings is 1. The maximum Gasteiger partial charge on any atom is 0.411 e. The highest BCUT2D eigenvalue weighted by Gasteiger charge is 2.37. The van der Waals surface area contributed by atoms with Crippen LogP contribution in [0.2, 0.25) is 0 Å². The molecule has 1 amide bonds. The minimum atomic E-state index is -0.837. The van der Waals surface area contributed by atoms with Gasteiger partial charge in [0.05, 0.1) is 20.2 Å². The normalized spacial score (nSPS) is 17.0. The minimum absolute atomic E-state index is 0.218. The van der Waals surface area contributed by atoms with Gasteiger partial charge in [0.25, 0.3) is 0 Å². The van der Waals surface area contributed by atoms with Crippen LogP contribution in [0.4, 0.5) is 10.5 Å². The molecule has 0 aliphatic carbocycles. The second-order valence-corrected chi connectivity index (χ2v) is 6.43. The SMILES string of the molecule is [C-]#[N+]c1cccc(C2=C[C@H](C(=O)OC)N(C(=O)OC(C)(C)C)C2)c1. The summed E-state index contributed by atoms with van der Waals surface area (Å²) in [6.45, 7) is 12.6. The Bertz CT molecular complexity index is 725. The van der Waals surface area contributed by atoms with Crippen LogP contribution in [0.5, 0.6) is 0 Å². The molecule has 1 heterocycles. The molecule has 0 fully saturated rings. The van der Waals surface area contributed by atoms with Crippen LogP contribution in [0, 0.1) is 6.57 Å². The number of carbonyl (C=O) groups is 2. The molecule has 126 valence electrons. The molecule has 6 heteroatoms. The summed E-state index contributed by atoms with van der Waals surface area (Å²) in [5.74, 6) is -0.530. The van der Waals surface area contributed by atoms with Crippen molar-refractivity contribution in [3.8, 4) is 0 Å². The maximum atomic E-state index is 12.4. The van der Waals surface area contributed by atoms with E-state index < -0.39 is 23.7 Å². The van der Waals surface area contributed by atoms with Gasteiger partial charge in [0.1, 0.15) is 5.60 Å². The molecule has 1 aliphatic heterocycles. The summed E-state index contributed by atoms with van der Waals surface area (Å²) in [6, 6.07) is 6.21. The summed E-state index contributed by atoms with van der Waals surface area (Å²) in [6.07, 6.45) is 1.10. The van der Waals surface area contributed by atoms with Crippen LogP contribution in [0.1, 0.15) is 26.3 Å². The molecular formula is C18H20N2O4. The summed E-state index contributed by atoms with van der Waals surface area (Å²) in [7, 11) is 1.28. The molecule has 2 rings (SSSR count). The topological polar surface area (TPSA) is 60.2 Å². The Morgan fingerprint density at radius 2 is 2.04 bits per heavy atom. The lowest BCUT2D eigenvalue weighted by molar-refractivity contribution is -0.144. The lowest BCUT2D eigenvalue weighted by atomic mass is 10.1. The third-order valence-corrected chi connectivity index (χ3v) is 3.45. The van der Waals surface area contributed by atoms with E-state index in [1.807, 2.05) is 6.07 Å². The summed E-state index contributed by atoms with van der Waals surface area (Å²) in [4.78, 5) is 29.2. The number of hydrogen-bond donors (Lipinski definition) is 0. The number of ether oxygens (including phenoxy) is 2. The van der Waals surface area contributed by atoms with Gasteiger partial charge in [-0.3, -0.25) is 4.90 Å². The van der Waals surface area contributed by atoms with Gasteiger partial charge in [0.15, 0.2) is 11.7 Å². The van der Waals surface area contributed by atoms with Crippen LogP contribution >= 0.6 is 0 Å². The molecule has 0 aromatic heterocycles. The monoisotopic (exact) mass is 328 g/mol. The first kappa shape index (κ1) is 17.5. The Balaban J connectivity index is 2.31. The molecule has 0 unspecified atom stereocenters. The molecule has 1 atom stereocenters. The van der Waals surface area contributed by atoms with Crippen LogP contribution in [0.25, 0.3) is 10.4 Å². The molecular weight excluding hydrogens is 308 g/mol. The quantitative estimate of drug-likeness (QED) is 0.616. The van der Waals surface area contributed by atoms with E-state index in [1.165, 1.54) is 12.0 Å². The smallest absolute Gasteiger partial charge is 0.411 e. The van der Waals surface area contributed by atoms with Gasteiger partial charge in [-0.25, -0.2) is 14.4 Å². The highest BCUT2D eigenvalue weighted by Crippen LogP contribution is 2.29. The summed E-state index contributed by atoms with van der Waals surface area (Å²) in [5.41, 5.74) is 1.41. The molecule has 0 bridgehead atoms. The first-order valence-electron chi connectivity index (χ1n) is 7.51. The van der Waals surface area contributed by atoms with Crippen molar-refractivity contribution in [3.05, 3.63) is 47.3 Å². The van der Waals surface area contributed by atoms with Gasteiger partial charge in [-0.05, 0) is 44.1 Å². The summed E-state index contributed by atoms with van der Waals surface area (Å²) >= 11 is 0. The van der Waals surface area contributed by atoms with E-state index in [9.17, 15) is 9.59 Å². The molecule has 1 aromatic carbocycles. The molecule has 6 nitrogen and oxygen atoms in total. The Kier molecular flexibility index (Phi) is 4.93. The van der Waals surface area contributed by atoms with Crippen LogP contribution in [0.15, 0.2) is 30.3 Å². The average molecular weight is 328 g/mol. The molecule has 1 aromatic rings. The largest absolute Gasteiger partial charge is 0.467 e. The van der Waals surface area contributed by atoms with Crippen LogP contribution in [-0.4, -0.2) is 42.3 Å². The Morgan fingerprint density at radius 1 is 1.33 bits per heavy atom. The van der Waals surface area contributed by atoms with Gasteiger partial charge in [0.2, 0.25) is 0 Å². The predicted octanol–water partition coefficient (Wildman–Crippen LogP) is 3.41. The number of carbonyl (C=O) groups excluding carboxylic acids is 2. The number of esters is 1. The molecule has 0 saturated carbocycles. The number of methoxy groups -OCH3 is 1. The number of nitrogens with zero attached hydrogens (tertiary/aromatic N) is 2. The van der Waals surface area contributed by atoms with Gasteiger partial charge in [-0.1, -0.05) is 18.2 Å². The number of amides is 1. The third-order valence-electron chi connectivity index (χ3n) is 3.45. The highest BCUT2D eigenvalue weighted by molar-refractivity contribution is 5.90. The minimum Gasteiger partial charge on any atom is -0.467 e. The predicted molar refractivity (Wildman–Crippen MR) is 89.4 cm³/mol. The van der Waals surface area contributed by atoms with E-state index in [0.717, 1.165) is 11.1 Å². The molecule has 0 spiro atoms. The van der Waals surface area contributed by atoms with Crippen molar-refractivity contribution in [1.29, 1.82) is 0 Å². The average Bonchev–Trinajstić information content (AvgIpc) is 2.98. The van der Waals surface area contributed by atoms with E-state index in [1.54, 1.807) is 45.0 Å². The van der Waals surface area contributed by atoms with Crippen LogP contribution < -0.4 is 0 Å². The van der Waals surface area contributed by atoms with Gasteiger partial charge in [0, 0.05) is 0 Å². The highest BCUT2D eigenvalue weighted by atomic mass is 16.6. The summed E-state index contributed by atoms with van der Waals surface area (Å²) < 4.78 is 10.2. The number of hydrogen-bond acceptors (Lipinski definition) is 4. The zero-order valence-electron chi connectivity index (χ0n) is 14.2. The molecule has 0 radical (unpaired) electrons. The lowest BCUT2D eigenvalue weighted by Gasteiger charge is -2.27. The van der Waals surface area contributed by atoms with E-state index in [0.29, 0.717) is 5.69 Å². The zero-order chi connectivity index (χ0) is 17.9. The molecule has 24 heavy (non-hydrogen) atoms. The Labute approximate surface area is 141 Å². The van der Waals surface area contributed by atoms with E-state index in [-0.39, 0.29) is 6.54 Å². The van der Waals surface area contributed by atoms with Gasteiger partial charge >= 0.3 is 12.1 Å². The molecule has 1 aliphatic rings. The molecule has 0 N–H and O–H groups in total. The number of rotatable bonds is 2. The second kappa shape index (κ2) is 6.75. The first-order valence-corrected chi connectivity index (χ1v) is 7.51. The van der Waals surface area contributed by atoms with Crippen LogP contribution in [-0.2, 0) is 14.3 Å². The van der Waals surface area contributed by atoms with E-state index >= 15 is 0 Å². The standard InChI is InChI=1S/C18H20N2O4/c1-18(2,3)24-17(22)20-11-13(10-15(20)16(21)23-5)12-7-6-8-14(9-12)19-4/h6-10,15H,11H2,1-3,5H3/t15-/m1/s1. The molecule has 0 saturated heterocycles. The van der Waals surface area contributed by atoms with Gasteiger partial charge < -0.3 is 9.47 Å². The van der Waals surface area contributed by atoms with Crippen molar-refractivity contribution in [2.24, 2.45) is 0 Å². The first-order chi connectivity index (χ1) is 11.2. The van der Waals surface area contributed by atoms with Crippen molar-refractivity contribution in [1.82, 2.24) is 4.90 Å². The van der Waals surface area contributed by atoms with Crippen LogP contribution in [0.3, 0.4) is 0 Å². The van der Waals surface area contributed by atoms with Crippen molar-refractivity contribution in [3.63, 3.8) is 0 Å². The van der Waals surface area contributed by atoms with Crippen molar-refractivity contribution in [2.75, 3.05) is 13.7 Å². The van der Waals surface area contributed by atoms with E-state index in [4.69, 9.17) is 16.0 Å². The van der Waals surface area contributed by atoms with Gasteiger partial charge in [-0.2, -0.15) is 0 Å². The fourth-order valence-electron chi connectivity index (χ4n) is 2.39. The Morgan fingerprint density at radius 3 is 2.62 bits per heavy atom. The van der Waals surface area contributed by atoms with Gasteiger partial charge in [-0.15, -0.1) is 0 Å². The van der Waals surface area contributed by atoms with E-state index in [2.05, 4.69) is 4.85 Å². The zero-order valence-corrected chi connectivity index (χ0v) is 14.2. The Hall–Kier alpha value is -2.81. The second-order valence-electron chi connectivity index (χ2n) is 6.43. The van der Waals surface area contributed by atoms with Crippen molar-refractivity contribution < 1.29 is 19.1 Å². The fourth-order valence-corrected chi connectivity index (χ4v) is 2.39. The lowest BCUT2D eigenvalue weighted by Crippen LogP contribution is -2.44. The van der Waals surface area contributed by atoms with Crippen molar-refractivity contribution >= 4 is 23.3 Å². The third kappa shape index (κ3) is 3.93. The summed E-state index contributed by atoms with van der Waals surface area (Å²) in [5, 5.41) is 0.